The first-order chi connectivity index (χ1) is 9.51. The Hall–Kier alpha value is -1.42. The minimum Gasteiger partial charge on any atom is -0.324 e. The van der Waals surface area contributed by atoms with Crippen molar-refractivity contribution in [2.75, 3.05) is 6.54 Å². The van der Waals surface area contributed by atoms with Gasteiger partial charge >= 0.3 is 0 Å². The van der Waals surface area contributed by atoms with Gasteiger partial charge in [0.25, 0.3) is 0 Å². The number of fused-ring (bicyclic) bond motifs is 1. The van der Waals surface area contributed by atoms with Crippen LogP contribution in [0.2, 0.25) is 0 Å². The molecular formula is C16H22FN3. The Kier molecular flexibility index (Phi) is 3.28. The average molecular weight is 275 g/mol. The Morgan fingerprint density at radius 2 is 2.15 bits per heavy atom. The summed E-state index contributed by atoms with van der Waals surface area (Å²) in [5.41, 5.74) is 1.66. The van der Waals surface area contributed by atoms with Crippen molar-refractivity contribution in [3.63, 3.8) is 0 Å². The Balaban J connectivity index is 2.21. The minimum atomic E-state index is -0.201. The molecule has 1 atom stereocenters. The lowest BCUT2D eigenvalue weighted by Crippen LogP contribution is -2.45. The van der Waals surface area contributed by atoms with E-state index in [1.165, 1.54) is 18.9 Å². The maximum atomic E-state index is 13.6. The van der Waals surface area contributed by atoms with Crippen LogP contribution in [0.4, 0.5) is 4.39 Å². The predicted molar refractivity (Wildman–Crippen MR) is 79.3 cm³/mol. The van der Waals surface area contributed by atoms with Gasteiger partial charge in [-0.1, -0.05) is 0 Å². The number of rotatable bonds is 2. The van der Waals surface area contributed by atoms with Crippen LogP contribution < -0.4 is 5.32 Å². The molecule has 3 rings (SSSR count). The van der Waals surface area contributed by atoms with Crippen molar-refractivity contribution in [3.8, 4) is 0 Å². The van der Waals surface area contributed by atoms with Gasteiger partial charge in [-0.15, -0.1) is 0 Å². The lowest BCUT2D eigenvalue weighted by Gasteiger charge is -2.35. The first-order valence-corrected chi connectivity index (χ1v) is 7.44. The third-order valence-electron chi connectivity index (χ3n) is 4.28. The molecule has 2 heterocycles. The van der Waals surface area contributed by atoms with Crippen molar-refractivity contribution in [3.05, 3.63) is 29.8 Å². The maximum absolute atomic E-state index is 13.6. The molecule has 1 N–H and O–H groups in total. The molecule has 1 aliphatic rings. The molecule has 0 bridgehead atoms. The first kappa shape index (κ1) is 13.6. The number of aromatic nitrogens is 2. The van der Waals surface area contributed by atoms with Gasteiger partial charge in [0.1, 0.15) is 11.6 Å². The summed E-state index contributed by atoms with van der Waals surface area (Å²) in [6.45, 7) is 7.48. The lowest BCUT2D eigenvalue weighted by atomic mass is 9.90. The number of nitrogens with zero attached hydrogens (tertiary/aromatic N) is 2. The number of hydrogen-bond acceptors (Lipinski definition) is 2. The molecule has 0 amide bonds. The molecule has 1 aromatic carbocycles. The molecule has 4 heteroatoms. The van der Waals surface area contributed by atoms with Crippen molar-refractivity contribution < 1.29 is 4.39 Å². The summed E-state index contributed by atoms with van der Waals surface area (Å²) in [6.07, 6.45) is 3.50. The molecule has 108 valence electrons. The van der Waals surface area contributed by atoms with Crippen LogP contribution in [0.1, 0.15) is 51.9 Å². The summed E-state index contributed by atoms with van der Waals surface area (Å²) >= 11 is 0. The van der Waals surface area contributed by atoms with E-state index in [-0.39, 0.29) is 17.4 Å². The van der Waals surface area contributed by atoms with Gasteiger partial charge in [-0.05, 0) is 64.8 Å². The first-order valence-electron chi connectivity index (χ1n) is 7.44. The second-order valence-corrected chi connectivity index (χ2v) is 6.25. The van der Waals surface area contributed by atoms with E-state index in [1.807, 2.05) is 0 Å². The number of imidazole rings is 1. The normalized spacial score (nSPS) is 23.6. The van der Waals surface area contributed by atoms with Crippen LogP contribution in [0.25, 0.3) is 11.0 Å². The molecule has 0 radical (unpaired) electrons. The van der Waals surface area contributed by atoms with Crippen molar-refractivity contribution in [1.29, 1.82) is 0 Å². The van der Waals surface area contributed by atoms with Crippen molar-refractivity contribution in [1.82, 2.24) is 14.9 Å². The van der Waals surface area contributed by atoms with Crippen molar-refractivity contribution >= 4 is 11.0 Å². The van der Waals surface area contributed by atoms with E-state index in [9.17, 15) is 4.39 Å². The van der Waals surface area contributed by atoms with E-state index in [1.54, 1.807) is 12.1 Å². The van der Waals surface area contributed by atoms with Gasteiger partial charge in [0.15, 0.2) is 0 Å². The van der Waals surface area contributed by atoms with Crippen LogP contribution in [0.5, 0.6) is 0 Å². The molecule has 1 saturated heterocycles. The highest BCUT2D eigenvalue weighted by molar-refractivity contribution is 5.76. The van der Waals surface area contributed by atoms with E-state index >= 15 is 0 Å². The Bertz CT molecular complexity index is 624. The summed E-state index contributed by atoms with van der Waals surface area (Å²) in [5, 5.41) is 3.61. The Labute approximate surface area is 119 Å². The van der Waals surface area contributed by atoms with Gasteiger partial charge in [0, 0.05) is 6.04 Å². The smallest absolute Gasteiger partial charge is 0.130 e. The van der Waals surface area contributed by atoms with Crippen molar-refractivity contribution in [2.45, 2.75) is 51.6 Å². The molecule has 0 saturated carbocycles. The molecule has 20 heavy (non-hydrogen) atoms. The Morgan fingerprint density at radius 1 is 1.35 bits per heavy atom. The number of hydrogen-bond donors (Lipinski definition) is 1. The average Bonchev–Trinajstić information content (AvgIpc) is 2.79. The Morgan fingerprint density at radius 3 is 2.80 bits per heavy atom. The van der Waals surface area contributed by atoms with E-state index in [0.29, 0.717) is 0 Å². The number of piperidine rings is 1. The van der Waals surface area contributed by atoms with Gasteiger partial charge in [-0.2, -0.15) is 0 Å². The zero-order valence-corrected chi connectivity index (χ0v) is 12.4. The van der Waals surface area contributed by atoms with Gasteiger partial charge in [-0.3, -0.25) is 0 Å². The lowest BCUT2D eigenvalue weighted by molar-refractivity contribution is 0.258. The molecule has 1 unspecified atom stereocenters. The zero-order valence-electron chi connectivity index (χ0n) is 12.4. The second kappa shape index (κ2) is 4.85. The van der Waals surface area contributed by atoms with Crippen molar-refractivity contribution in [2.24, 2.45) is 0 Å². The third-order valence-corrected chi connectivity index (χ3v) is 4.28. The number of halogens is 1. The van der Waals surface area contributed by atoms with Gasteiger partial charge in [0.05, 0.1) is 16.6 Å². The van der Waals surface area contributed by atoms with Gasteiger partial charge < -0.3 is 9.88 Å². The van der Waals surface area contributed by atoms with E-state index in [0.717, 1.165) is 29.8 Å². The topological polar surface area (TPSA) is 29.9 Å². The summed E-state index contributed by atoms with van der Waals surface area (Å²) < 4.78 is 15.7. The molecule has 1 aliphatic heterocycles. The summed E-state index contributed by atoms with van der Waals surface area (Å²) in [7, 11) is 0. The molecule has 1 fully saturated rings. The minimum absolute atomic E-state index is 0.113. The third kappa shape index (κ3) is 2.12. The van der Waals surface area contributed by atoms with E-state index in [2.05, 4.69) is 30.7 Å². The van der Waals surface area contributed by atoms with Crippen LogP contribution in [-0.2, 0) is 5.54 Å². The molecule has 3 nitrogen and oxygen atoms in total. The monoisotopic (exact) mass is 275 g/mol. The maximum Gasteiger partial charge on any atom is 0.130 e. The van der Waals surface area contributed by atoms with Crippen LogP contribution >= 0.6 is 0 Å². The molecule has 2 aromatic rings. The van der Waals surface area contributed by atoms with E-state index in [4.69, 9.17) is 4.98 Å². The molecular weight excluding hydrogens is 253 g/mol. The standard InChI is InChI=1S/C16H22FN3/c1-11(2)20-14-10-12(17)6-7-13(14)19-15(20)16(3)8-4-5-9-18-16/h6-7,10-11,18H,4-5,8-9H2,1-3H3. The SMILES string of the molecule is CC(C)n1c(C2(C)CCCCN2)nc2ccc(F)cc21. The summed E-state index contributed by atoms with van der Waals surface area (Å²) in [4.78, 5) is 4.80. The predicted octanol–water partition coefficient (Wildman–Crippen LogP) is 3.75. The van der Waals surface area contributed by atoms with Crippen LogP contribution in [0.3, 0.4) is 0 Å². The van der Waals surface area contributed by atoms with Crippen LogP contribution in [0, 0.1) is 5.82 Å². The molecule has 0 aliphatic carbocycles. The van der Waals surface area contributed by atoms with E-state index < -0.39 is 0 Å². The fourth-order valence-electron chi connectivity index (χ4n) is 3.23. The fraction of sp³-hybridized carbons (Fsp3) is 0.562. The number of nitrogens with one attached hydrogen (secondary N) is 1. The second-order valence-electron chi connectivity index (χ2n) is 6.25. The highest BCUT2D eigenvalue weighted by Gasteiger charge is 2.34. The zero-order chi connectivity index (χ0) is 14.3. The fourth-order valence-corrected chi connectivity index (χ4v) is 3.23. The highest BCUT2D eigenvalue weighted by atomic mass is 19.1. The summed E-state index contributed by atoms with van der Waals surface area (Å²) in [5.74, 6) is 0.834. The van der Waals surface area contributed by atoms with Crippen LogP contribution in [0.15, 0.2) is 18.2 Å². The molecule has 1 aromatic heterocycles. The highest BCUT2D eigenvalue weighted by Crippen LogP contribution is 2.33. The summed E-state index contributed by atoms with van der Waals surface area (Å²) in [6, 6.07) is 5.12. The van der Waals surface area contributed by atoms with Gasteiger partial charge in [-0.25, -0.2) is 9.37 Å². The van der Waals surface area contributed by atoms with Crippen LogP contribution in [-0.4, -0.2) is 16.1 Å². The quantitative estimate of drug-likeness (QED) is 0.904. The van der Waals surface area contributed by atoms with Gasteiger partial charge in [0.2, 0.25) is 0 Å². The largest absolute Gasteiger partial charge is 0.324 e. The molecule has 0 spiro atoms. The number of benzene rings is 1.